The summed E-state index contributed by atoms with van der Waals surface area (Å²) in [5, 5.41) is 9.68. The van der Waals surface area contributed by atoms with Crippen LogP contribution >= 0.6 is 0 Å². The minimum Gasteiger partial charge on any atom is -0.504 e. The molecule has 98 valence electrons. The summed E-state index contributed by atoms with van der Waals surface area (Å²) in [4.78, 5) is 0. The molecular weight excluding hydrogens is 240 g/mol. The molecule has 0 spiro atoms. The highest BCUT2D eigenvalue weighted by Crippen LogP contribution is 2.27. The van der Waals surface area contributed by atoms with Crippen LogP contribution in [0.2, 0.25) is 0 Å². The normalized spacial score (nSPS) is 10.6. The molecule has 0 unspecified atom stereocenters. The number of ether oxygens (including phenoxy) is 2. The molecule has 2 rings (SSSR count). The van der Waals surface area contributed by atoms with Crippen molar-refractivity contribution in [1.29, 1.82) is 0 Å². The molecule has 0 aromatic heterocycles. The molecule has 2 aromatic rings. The quantitative estimate of drug-likeness (QED) is 0.850. The summed E-state index contributed by atoms with van der Waals surface area (Å²) in [5.41, 5.74) is 1.98. The molecular formula is C16H16O3. The van der Waals surface area contributed by atoms with E-state index in [1.165, 1.54) is 7.11 Å². The van der Waals surface area contributed by atoms with Gasteiger partial charge in [0.15, 0.2) is 11.5 Å². The molecule has 19 heavy (non-hydrogen) atoms. The summed E-state index contributed by atoms with van der Waals surface area (Å²) in [6, 6.07) is 13.0. The summed E-state index contributed by atoms with van der Waals surface area (Å²) >= 11 is 0. The van der Waals surface area contributed by atoms with Gasteiger partial charge in [0.05, 0.1) is 14.2 Å². The van der Waals surface area contributed by atoms with Crippen LogP contribution in [0.3, 0.4) is 0 Å². The summed E-state index contributed by atoms with van der Waals surface area (Å²) in [6.07, 6.45) is 3.90. The van der Waals surface area contributed by atoms with Crippen LogP contribution in [0.5, 0.6) is 17.2 Å². The zero-order valence-electron chi connectivity index (χ0n) is 11.0. The second-order valence-electron chi connectivity index (χ2n) is 4.04. The molecule has 0 heterocycles. The zero-order chi connectivity index (χ0) is 13.7. The van der Waals surface area contributed by atoms with E-state index >= 15 is 0 Å². The molecule has 0 aliphatic heterocycles. The van der Waals surface area contributed by atoms with E-state index in [-0.39, 0.29) is 5.75 Å². The first-order valence-corrected chi connectivity index (χ1v) is 5.92. The van der Waals surface area contributed by atoms with Gasteiger partial charge in [-0.1, -0.05) is 30.4 Å². The van der Waals surface area contributed by atoms with Gasteiger partial charge in [0, 0.05) is 0 Å². The first kappa shape index (κ1) is 13.0. The van der Waals surface area contributed by atoms with Gasteiger partial charge < -0.3 is 14.6 Å². The third-order valence-electron chi connectivity index (χ3n) is 2.79. The van der Waals surface area contributed by atoms with Gasteiger partial charge in [-0.25, -0.2) is 0 Å². The Labute approximate surface area is 112 Å². The van der Waals surface area contributed by atoms with Crippen LogP contribution in [0.4, 0.5) is 0 Å². The van der Waals surface area contributed by atoms with Crippen molar-refractivity contribution in [2.45, 2.75) is 0 Å². The Kier molecular flexibility index (Phi) is 4.08. The zero-order valence-corrected chi connectivity index (χ0v) is 11.0. The van der Waals surface area contributed by atoms with Crippen molar-refractivity contribution < 1.29 is 14.6 Å². The molecule has 0 saturated carbocycles. The van der Waals surface area contributed by atoms with E-state index in [0.717, 1.165) is 16.9 Å². The van der Waals surface area contributed by atoms with Gasteiger partial charge in [-0.3, -0.25) is 0 Å². The van der Waals surface area contributed by atoms with Crippen molar-refractivity contribution >= 4 is 12.2 Å². The summed E-state index contributed by atoms with van der Waals surface area (Å²) in [6.45, 7) is 0. The highest BCUT2D eigenvalue weighted by Gasteiger charge is 2.00. The fourth-order valence-corrected chi connectivity index (χ4v) is 1.72. The molecule has 2 aromatic carbocycles. The molecule has 3 nitrogen and oxygen atoms in total. The van der Waals surface area contributed by atoms with Crippen molar-refractivity contribution in [3.8, 4) is 17.2 Å². The van der Waals surface area contributed by atoms with Crippen LogP contribution in [-0.4, -0.2) is 19.3 Å². The van der Waals surface area contributed by atoms with E-state index in [1.807, 2.05) is 42.5 Å². The maximum absolute atomic E-state index is 9.68. The SMILES string of the molecule is COc1ccc(/C=C\c2ccc(OC)c(O)c2)cc1. The average Bonchev–Trinajstić information content (AvgIpc) is 2.46. The number of phenols is 1. The minimum absolute atomic E-state index is 0.138. The Morgan fingerprint density at radius 3 is 2.05 bits per heavy atom. The smallest absolute Gasteiger partial charge is 0.160 e. The summed E-state index contributed by atoms with van der Waals surface area (Å²) < 4.78 is 10.1. The van der Waals surface area contributed by atoms with Gasteiger partial charge in [0.25, 0.3) is 0 Å². The number of hydrogen-bond donors (Lipinski definition) is 1. The van der Waals surface area contributed by atoms with E-state index in [1.54, 1.807) is 19.2 Å². The largest absolute Gasteiger partial charge is 0.504 e. The van der Waals surface area contributed by atoms with Crippen LogP contribution in [0.25, 0.3) is 12.2 Å². The third-order valence-corrected chi connectivity index (χ3v) is 2.79. The predicted octanol–water partition coefficient (Wildman–Crippen LogP) is 3.58. The Morgan fingerprint density at radius 2 is 1.47 bits per heavy atom. The maximum Gasteiger partial charge on any atom is 0.160 e. The predicted molar refractivity (Wildman–Crippen MR) is 76.6 cm³/mol. The second-order valence-corrected chi connectivity index (χ2v) is 4.04. The van der Waals surface area contributed by atoms with Crippen molar-refractivity contribution in [3.05, 3.63) is 53.6 Å². The molecule has 1 N–H and O–H groups in total. The van der Waals surface area contributed by atoms with Crippen LogP contribution in [-0.2, 0) is 0 Å². The van der Waals surface area contributed by atoms with E-state index in [9.17, 15) is 5.11 Å². The van der Waals surface area contributed by atoms with Crippen molar-refractivity contribution in [3.63, 3.8) is 0 Å². The number of methoxy groups -OCH3 is 2. The maximum atomic E-state index is 9.68. The molecule has 3 heteroatoms. The lowest BCUT2D eigenvalue weighted by atomic mass is 10.1. The third kappa shape index (κ3) is 3.28. The van der Waals surface area contributed by atoms with Gasteiger partial charge in [-0.15, -0.1) is 0 Å². The summed E-state index contributed by atoms with van der Waals surface area (Å²) in [5.74, 6) is 1.44. The lowest BCUT2D eigenvalue weighted by Gasteiger charge is -2.03. The number of hydrogen-bond acceptors (Lipinski definition) is 3. The molecule has 0 saturated heterocycles. The number of rotatable bonds is 4. The van der Waals surface area contributed by atoms with Crippen molar-refractivity contribution in [2.24, 2.45) is 0 Å². The molecule has 0 aliphatic carbocycles. The Morgan fingerprint density at radius 1 is 0.842 bits per heavy atom. The lowest BCUT2D eigenvalue weighted by molar-refractivity contribution is 0.373. The Balaban J connectivity index is 2.15. The van der Waals surface area contributed by atoms with Crippen molar-refractivity contribution in [2.75, 3.05) is 14.2 Å². The van der Waals surface area contributed by atoms with Gasteiger partial charge in [-0.05, 0) is 35.4 Å². The van der Waals surface area contributed by atoms with Gasteiger partial charge in [0.2, 0.25) is 0 Å². The van der Waals surface area contributed by atoms with Gasteiger partial charge in [-0.2, -0.15) is 0 Å². The van der Waals surface area contributed by atoms with E-state index in [4.69, 9.17) is 9.47 Å². The van der Waals surface area contributed by atoms with Gasteiger partial charge >= 0.3 is 0 Å². The van der Waals surface area contributed by atoms with E-state index in [2.05, 4.69) is 0 Å². The molecule has 0 radical (unpaired) electrons. The summed E-state index contributed by atoms with van der Waals surface area (Å²) in [7, 11) is 3.17. The first-order valence-electron chi connectivity index (χ1n) is 5.92. The molecule has 0 atom stereocenters. The average molecular weight is 256 g/mol. The second kappa shape index (κ2) is 5.96. The van der Waals surface area contributed by atoms with Gasteiger partial charge in [0.1, 0.15) is 5.75 Å². The minimum atomic E-state index is 0.138. The molecule has 0 amide bonds. The van der Waals surface area contributed by atoms with Crippen LogP contribution in [0, 0.1) is 0 Å². The lowest BCUT2D eigenvalue weighted by Crippen LogP contribution is -1.83. The van der Waals surface area contributed by atoms with Crippen LogP contribution in [0.1, 0.15) is 11.1 Å². The van der Waals surface area contributed by atoms with Crippen LogP contribution in [0.15, 0.2) is 42.5 Å². The van der Waals surface area contributed by atoms with Crippen LogP contribution < -0.4 is 9.47 Å². The van der Waals surface area contributed by atoms with E-state index < -0.39 is 0 Å². The molecule has 0 fully saturated rings. The van der Waals surface area contributed by atoms with Crippen molar-refractivity contribution in [1.82, 2.24) is 0 Å². The first-order chi connectivity index (χ1) is 9.22. The van der Waals surface area contributed by atoms with E-state index in [0.29, 0.717) is 5.75 Å². The highest BCUT2D eigenvalue weighted by molar-refractivity contribution is 5.71. The number of benzene rings is 2. The topological polar surface area (TPSA) is 38.7 Å². The Bertz CT molecular complexity index is 571. The fourth-order valence-electron chi connectivity index (χ4n) is 1.72. The fraction of sp³-hybridized carbons (Fsp3) is 0.125. The standard InChI is InChI=1S/C16H16O3/c1-18-14-8-5-12(6-9-14)3-4-13-7-10-16(19-2)15(17)11-13/h3-11,17H,1-2H3/b4-3-. The molecule has 0 aliphatic rings. The monoisotopic (exact) mass is 256 g/mol. The Hall–Kier alpha value is -2.42. The highest BCUT2D eigenvalue weighted by atomic mass is 16.5. The number of aromatic hydroxyl groups is 1. The number of phenolic OH excluding ortho intramolecular Hbond substituents is 1. The molecule has 0 bridgehead atoms.